The predicted octanol–water partition coefficient (Wildman–Crippen LogP) is 3.79. The number of pyridine rings is 1. The monoisotopic (exact) mass is 314 g/mol. The number of aromatic nitrogens is 1. The normalized spacial score (nSPS) is 11.0. The molecule has 18 heavy (non-hydrogen) atoms. The maximum atomic E-state index is 5.21. The molecular formula is C14H23BrN2O. The van der Waals surface area contributed by atoms with Crippen LogP contribution in [0, 0.1) is 6.92 Å². The van der Waals surface area contributed by atoms with E-state index in [4.69, 9.17) is 4.74 Å². The molecule has 0 spiro atoms. The Bertz CT molecular complexity index is 367. The van der Waals surface area contributed by atoms with E-state index in [1.807, 2.05) is 6.20 Å². The van der Waals surface area contributed by atoms with Gasteiger partial charge in [-0.25, -0.2) is 4.98 Å². The lowest BCUT2D eigenvalue weighted by Crippen LogP contribution is -2.37. The summed E-state index contributed by atoms with van der Waals surface area (Å²) in [6.07, 6.45) is 4.13. The van der Waals surface area contributed by atoms with Crippen molar-refractivity contribution in [3.63, 3.8) is 0 Å². The smallest absolute Gasteiger partial charge is 0.129 e. The Hall–Kier alpha value is -0.610. The average molecular weight is 315 g/mol. The molecule has 1 aromatic heterocycles. The molecule has 3 nitrogen and oxygen atoms in total. The van der Waals surface area contributed by atoms with E-state index in [1.54, 1.807) is 7.11 Å². The van der Waals surface area contributed by atoms with Gasteiger partial charge in [-0.3, -0.25) is 0 Å². The van der Waals surface area contributed by atoms with Crippen molar-refractivity contribution in [3.8, 4) is 0 Å². The topological polar surface area (TPSA) is 25.4 Å². The van der Waals surface area contributed by atoms with Crippen molar-refractivity contribution in [2.75, 3.05) is 25.2 Å². The van der Waals surface area contributed by atoms with Crippen molar-refractivity contribution in [2.24, 2.45) is 0 Å². The van der Waals surface area contributed by atoms with Gasteiger partial charge in [0, 0.05) is 30.4 Å². The van der Waals surface area contributed by atoms with E-state index in [9.17, 15) is 0 Å². The molecule has 0 fully saturated rings. The summed E-state index contributed by atoms with van der Waals surface area (Å²) < 4.78 is 6.27. The molecule has 102 valence electrons. The quantitative estimate of drug-likeness (QED) is 0.765. The lowest BCUT2D eigenvalue weighted by atomic mass is 10.1. The summed E-state index contributed by atoms with van der Waals surface area (Å²) in [6, 6.07) is 2.66. The van der Waals surface area contributed by atoms with Crippen LogP contribution in [0.4, 0.5) is 5.82 Å². The second kappa shape index (κ2) is 7.74. The molecule has 0 saturated carbocycles. The van der Waals surface area contributed by atoms with Crippen molar-refractivity contribution in [1.82, 2.24) is 4.98 Å². The Kier molecular flexibility index (Phi) is 6.65. The van der Waals surface area contributed by atoms with Gasteiger partial charge < -0.3 is 9.64 Å². The van der Waals surface area contributed by atoms with Crippen molar-refractivity contribution in [1.29, 1.82) is 0 Å². The maximum Gasteiger partial charge on any atom is 0.129 e. The van der Waals surface area contributed by atoms with Crippen LogP contribution in [0.15, 0.2) is 16.7 Å². The van der Waals surface area contributed by atoms with Gasteiger partial charge in [-0.1, -0.05) is 13.8 Å². The molecule has 0 saturated heterocycles. The van der Waals surface area contributed by atoms with E-state index in [0.29, 0.717) is 6.04 Å². The van der Waals surface area contributed by atoms with E-state index < -0.39 is 0 Å². The molecule has 0 amide bonds. The summed E-state index contributed by atoms with van der Waals surface area (Å²) in [4.78, 5) is 6.88. The van der Waals surface area contributed by atoms with Gasteiger partial charge in [-0.2, -0.15) is 0 Å². The molecule has 0 atom stereocenters. The Morgan fingerprint density at radius 1 is 1.39 bits per heavy atom. The fraction of sp³-hybridized carbons (Fsp3) is 0.643. The highest BCUT2D eigenvalue weighted by atomic mass is 79.9. The summed E-state index contributed by atoms with van der Waals surface area (Å²) in [5.74, 6) is 1.04. The SMILES string of the molecule is CCC(CC)N(CCOC)c1cc(C)c(Br)cn1. The van der Waals surface area contributed by atoms with E-state index in [0.717, 1.165) is 36.3 Å². The highest BCUT2D eigenvalue weighted by Gasteiger charge is 2.17. The van der Waals surface area contributed by atoms with Gasteiger partial charge in [0.2, 0.25) is 0 Å². The molecule has 0 radical (unpaired) electrons. The molecule has 0 aliphatic heterocycles. The van der Waals surface area contributed by atoms with Crippen LogP contribution in [0.3, 0.4) is 0 Å². The van der Waals surface area contributed by atoms with Gasteiger partial charge in [0.25, 0.3) is 0 Å². The largest absolute Gasteiger partial charge is 0.383 e. The van der Waals surface area contributed by atoms with E-state index in [-0.39, 0.29) is 0 Å². The molecule has 0 aromatic carbocycles. The molecule has 0 N–H and O–H groups in total. The molecule has 0 aliphatic carbocycles. The summed E-state index contributed by atoms with van der Waals surface area (Å²) in [5.41, 5.74) is 1.22. The first-order valence-corrected chi connectivity index (χ1v) is 7.31. The van der Waals surface area contributed by atoms with Gasteiger partial charge in [-0.05, 0) is 47.3 Å². The third-order valence-electron chi connectivity index (χ3n) is 3.25. The van der Waals surface area contributed by atoms with Crippen LogP contribution in [0.1, 0.15) is 32.3 Å². The first-order chi connectivity index (χ1) is 8.63. The molecular weight excluding hydrogens is 292 g/mol. The number of halogens is 1. The molecule has 0 aliphatic rings. The van der Waals surface area contributed by atoms with Gasteiger partial charge >= 0.3 is 0 Å². The summed E-state index contributed by atoms with van der Waals surface area (Å²) in [6.45, 7) is 8.15. The van der Waals surface area contributed by atoms with Crippen LogP contribution >= 0.6 is 15.9 Å². The summed E-state index contributed by atoms with van der Waals surface area (Å²) in [7, 11) is 1.74. The number of nitrogens with zero attached hydrogens (tertiary/aromatic N) is 2. The Balaban J connectivity index is 2.96. The van der Waals surface area contributed by atoms with Crippen molar-refractivity contribution in [3.05, 3.63) is 22.3 Å². The second-order valence-corrected chi connectivity index (χ2v) is 5.30. The second-order valence-electron chi connectivity index (χ2n) is 4.45. The molecule has 1 rings (SSSR count). The number of anilines is 1. The zero-order valence-electron chi connectivity index (χ0n) is 11.7. The minimum absolute atomic E-state index is 0.522. The number of hydrogen-bond donors (Lipinski definition) is 0. The molecule has 0 unspecified atom stereocenters. The van der Waals surface area contributed by atoms with Gasteiger partial charge in [0.15, 0.2) is 0 Å². The van der Waals surface area contributed by atoms with Gasteiger partial charge in [-0.15, -0.1) is 0 Å². The minimum Gasteiger partial charge on any atom is -0.383 e. The summed E-state index contributed by atoms with van der Waals surface area (Å²) >= 11 is 3.50. The number of ether oxygens (including phenoxy) is 1. The van der Waals surface area contributed by atoms with Crippen molar-refractivity contribution in [2.45, 2.75) is 39.7 Å². The zero-order chi connectivity index (χ0) is 13.5. The highest BCUT2D eigenvalue weighted by molar-refractivity contribution is 9.10. The van der Waals surface area contributed by atoms with Crippen molar-refractivity contribution >= 4 is 21.7 Å². The minimum atomic E-state index is 0.522. The Morgan fingerprint density at radius 2 is 2.06 bits per heavy atom. The zero-order valence-corrected chi connectivity index (χ0v) is 13.3. The number of methoxy groups -OCH3 is 1. The standard InChI is InChI=1S/C14H23BrN2O/c1-5-12(6-2)17(7-8-18-4)14-9-11(3)13(15)10-16-14/h9-10,12H,5-8H2,1-4H3. The van der Waals surface area contributed by atoms with E-state index >= 15 is 0 Å². The lowest BCUT2D eigenvalue weighted by molar-refractivity contribution is 0.202. The first-order valence-electron chi connectivity index (χ1n) is 6.51. The third-order valence-corrected chi connectivity index (χ3v) is 4.08. The average Bonchev–Trinajstić information content (AvgIpc) is 2.38. The molecule has 4 heteroatoms. The van der Waals surface area contributed by atoms with Crippen LogP contribution in [0.2, 0.25) is 0 Å². The highest BCUT2D eigenvalue weighted by Crippen LogP contribution is 2.23. The van der Waals surface area contributed by atoms with Crippen molar-refractivity contribution < 1.29 is 4.74 Å². The lowest BCUT2D eigenvalue weighted by Gasteiger charge is -2.31. The maximum absolute atomic E-state index is 5.21. The number of aryl methyl sites for hydroxylation is 1. The van der Waals surface area contributed by atoms with E-state index in [2.05, 4.69) is 52.7 Å². The molecule has 1 heterocycles. The Morgan fingerprint density at radius 3 is 2.56 bits per heavy atom. The number of hydrogen-bond acceptors (Lipinski definition) is 3. The molecule has 0 bridgehead atoms. The van der Waals surface area contributed by atoms with Crippen LogP contribution in [-0.4, -0.2) is 31.3 Å². The van der Waals surface area contributed by atoms with E-state index in [1.165, 1.54) is 5.56 Å². The fourth-order valence-electron chi connectivity index (χ4n) is 2.08. The fourth-order valence-corrected chi connectivity index (χ4v) is 2.30. The van der Waals surface area contributed by atoms with Crippen LogP contribution < -0.4 is 4.90 Å². The van der Waals surface area contributed by atoms with Crippen LogP contribution in [-0.2, 0) is 4.74 Å². The first kappa shape index (κ1) is 15.4. The third kappa shape index (κ3) is 3.95. The predicted molar refractivity (Wildman–Crippen MR) is 80.3 cm³/mol. The van der Waals surface area contributed by atoms with Gasteiger partial charge in [0.1, 0.15) is 5.82 Å². The Labute approximate surface area is 119 Å². The molecule has 1 aromatic rings. The van der Waals surface area contributed by atoms with Gasteiger partial charge in [0.05, 0.1) is 6.61 Å². The summed E-state index contributed by atoms with van der Waals surface area (Å²) in [5, 5.41) is 0. The van der Waals surface area contributed by atoms with Crippen LogP contribution in [0.5, 0.6) is 0 Å². The number of rotatable bonds is 7. The van der Waals surface area contributed by atoms with Crippen LogP contribution in [0.25, 0.3) is 0 Å².